The van der Waals surface area contributed by atoms with Gasteiger partial charge in [0.15, 0.2) is 0 Å². The van der Waals surface area contributed by atoms with Gasteiger partial charge in [0, 0.05) is 22.2 Å². The molecule has 0 atom stereocenters. The molecule has 0 bridgehead atoms. The van der Waals surface area contributed by atoms with Crippen LogP contribution in [0.2, 0.25) is 5.02 Å². The van der Waals surface area contributed by atoms with Crippen LogP contribution < -0.4 is 5.32 Å². The molecular weight excluding hydrogens is 400 g/mol. The van der Waals surface area contributed by atoms with Gasteiger partial charge in [-0.2, -0.15) is 0 Å². The van der Waals surface area contributed by atoms with E-state index in [1.54, 1.807) is 29.7 Å². The second-order valence-electron chi connectivity index (χ2n) is 5.57. The van der Waals surface area contributed by atoms with Crippen molar-refractivity contribution in [2.75, 3.05) is 11.1 Å². The van der Waals surface area contributed by atoms with Crippen LogP contribution in [0, 0.1) is 0 Å². The lowest BCUT2D eigenvalue weighted by molar-refractivity contribution is -0.113. The van der Waals surface area contributed by atoms with Gasteiger partial charge in [-0.25, -0.2) is 15.0 Å². The van der Waals surface area contributed by atoms with Crippen LogP contribution in [0.5, 0.6) is 0 Å². The van der Waals surface area contributed by atoms with Crippen molar-refractivity contribution in [1.29, 1.82) is 0 Å². The zero-order valence-corrected chi connectivity index (χ0v) is 16.3. The van der Waals surface area contributed by atoms with Gasteiger partial charge in [-0.3, -0.25) is 4.79 Å². The van der Waals surface area contributed by atoms with Gasteiger partial charge in [-0.15, -0.1) is 11.3 Å². The molecule has 0 saturated heterocycles. The van der Waals surface area contributed by atoms with Gasteiger partial charge in [0.1, 0.15) is 22.0 Å². The fourth-order valence-corrected chi connectivity index (χ4v) is 4.47. The Morgan fingerprint density at radius 3 is 2.74 bits per heavy atom. The van der Waals surface area contributed by atoms with E-state index < -0.39 is 0 Å². The number of aromatic nitrogens is 3. The lowest BCUT2D eigenvalue weighted by atomic mass is 10.1. The third-order valence-electron chi connectivity index (χ3n) is 3.76. The Hall–Kier alpha value is -2.48. The summed E-state index contributed by atoms with van der Waals surface area (Å²) in [5.74, 6) is 0.639. The SMILES string of the molecule is O=C(CSc1ncnc2scc(-c3ccc(Cl)cc3)c12)Nc1ccccn1. The third-order valence-corrected chi connectivity index (χ3v) is 5.89. The van der Waals surface area contributed by atoms with Crippen molar-refractivity contribution in [1.82, 2.24) is 15.0 Å². The van der Waals surface area contributed by atoms with Crippen LogP contribution in [-0.4, -0.2) is 26.6 Å². The molecule has 0 saturated carbocycles. The van der Waals surface area contributed by atoms with Crippen molar-refractivity contribution >= 4 is 56.6 Å². The Bertz CT molecular complexity index is 1080. The number of halogens is 1. The normalized spacial score (nSPS) is 10.9. The summed E-state index contributed by atoms with van der Waals surface area (Å²) in [4.78, 5) is 26.0. The highest BCUT2D eigenvalue weighted by atomic mass is 35.5. The second-order valence-corrected chi connectivity index (χ2v) is 7.83. The maximum Gasteiger partial charge on any atom is 0.235 e. The van der Waals surface area contributed by atoms with E-state index in [-0.39, 0.29) is 11.7 Å². The molecule has 1 amide bonds. The molecule has 4 aromatic rings. The number of fused-ring (bicyclic) bond motifs is 1. The van der Waals surface area contributed by atoms with Crippen LogP contribution in [0.25, 0.3) is 21.3 Å². The smallest absolute Gasteiger partial charge is 0.235 e. The zero-order chi connectivity index (χ0) is 18.6. The van der Waals surface area contributed by atoms with Gasteiger partial charge >= 0.3 is 0 Å². The minimum Gasteiger partial charge on any atom is -0.310 e. The van der Waals surface area contributed by atoms with Gasteiger partial charge in [0.05, 0.1) is 11.1 Å². The molecule has 1 N–H and O–H groups in total. The van der Waals surface area contributed by atoms with E-state index in [0.29, 0.717) is 10.8 Å². The number of pyridine rings is 1. The number of nitrogens with zero attached hydrogens (tertiary/aromatic N) is 3. The Morgan fingerprint density at radius 1 is 1.11 bits per heavy atom. The number of benzene rings is 1. The Morgan fingerprint density at radius 2 is 1.96 bits per heavy atom. The number of hydrogen-bond donors (Lipinski definition) is 1. The average molecular weight is 413 g/mol. The summed E-state index contributed by atoms with van der Waals surface area (Å²) in [7, 11) is 0. The largest absolute Gasteiger partial charge is 0.310 e. The fourth-order valence-electron chi connectivity index (χ4n) is 2.55. The molecule has 0 aliphatic carbocycles. The molecule has 3 aromatic heterocycles. The lowest BCUT2D eigenvalue weighted by Gasteiger charge is -2.06. The molecule has 0 unspecified atom stereocenters. The van der Waals surface area contributed by atoms with Crippen LogP contribution >= 0.6 is 34.7 Å². The molecule has 3 heterocycles. The van der Waals surface area contributed by atoms with E-state index in [4.69, 9.17) is 11.6 Å². The molecule has 0 aliphatic rings. The van der Waals surface area contributed by atoms with E-state index in [9.17, 15) is 4.79 Å². The molecular formula is C19H13ClN4OS2. The summed E-state index contributed by atoms with van der Waals surface area (Å²) in [6, 6.07) is 13.0. The minimum atomic E-state index is -0.131. The maximum absolute atomic E-state index is 12.2. The first-order valence-electron chi connectivity index (χ1n) is 8.02. The van der Waals surface area contributed by atoms with Crippen molar-refractivity contribution in [3.8, 4) is 11.1 Å². The minimum absolute atomic E-state index is 0.131. The fraction of sp³-hybridized carbons (Fsp3) is 0.0526. The first-order valence-corrected chi connectivity index (χ1v) is 10.3. The predicted molar refractivity (Wildman–Crippen MR) is 111 cm³/mol. The van der Waals surface area contributed by atoms with Crippen LogP contribution in [0.3, 0.4) is 0 Å². The van der Waals surface area contributed by atoms with Crippen LogP contribution in [0.1, 0.15) is 0 Å². The number of amides is 1. The number of thioether (sulfide) groups is 1. The third kappa shape index (κ3) is 4.10. The Labute approximate surface area is 168 Å². The summed E-state index contributed by atoms with van der Waals surface area (Å²) in [6.45, 7) is 0. The molecule has 134 valence electrons. The molecule has 1 aromatic carbocycles. The van der Waals surface area contributed by atoms with Gasteiger partial charge < -0.3 is 5.32 Å². The number of thiophene rings is 1. The van der Waals surface area contributed by atoms with E-state index in [2.05, 4.69) is 25.6 Å². The van der Waals surface area contributed by atoms with Gasteiger partial charge in [-0.1, -0.05) is 41.6 Å². The molecule has 0 radical (unpaired) electrons. The van der Waals surface area contributed by atoms with Crippen molar-refractivity contribution in [2.24, 2.45) is 0 Å². The van der Waals surface area contributed by atoms with E-state index in [1.165, 1.54) is 18.1 Å². The number of rotatable bonds is 5. The number of anilines is 1. The van der Waals surface area contributed by atoms with Crippen LogP contribution in [0.4, 0.5) is 5.82 Å². The van der Waals surface area contributed by atoms with E-state index in [1.807, 2.05) is 30.3 Å². The summed E-state index contributed by atoms with van der Waals surface area (Å²) < 4.78 is 0. The number of carbonyl (C=O) groups is 1. The van der Waals surface area contributed by atoms with Crippen molar-refractivity contribution in [3.05, 3.63) is 65.4 Å². The lowest BCUT2D eigenvalue weighted by Crippen LogP contribution is -2.14. The second kappa shape index (κ2) is 8.04. The van der Waals surface area contributed by atoms with Gasteiger partial charge in [-0.05, 0) is 29.8 Å². The zero-order valence-electron chi connectivity index (χ0n) is 13.9. The first-order chi connectivity index (χ1) is 13.2. The molecule has 8 heteroatoms. The van der Waals surface area contributed by atoms with Crippen molar-refractivity contribution in [3.63, 3.8) is 0 Å². The number of carbonyl (C=O) groups excluding carboxylic acids is 1. The maximum atomic E-state index is 12.2. The Balaban J connectivity index is 1.57. The Kier molecular flexibility index (Phi) is 5.33. The summed E-state index contributed by atoms with van der Waals surface area (Å²) in [5.41, 5.74) is 2.08. The molecule has 5 nitrogen and oxygen atoms in total. The predicted octanol–water partition coefficient (Wildman–Crippen LogP) is 5.14. The topological polar surface area (TPSA) is 67.8 Å². The summed E-state index contributed by atoms with van der Waals surface area (Å²) >= 11 is 8.94. The quantitative estimate of drug-likeness (QED) is 0.363. The van der Waals surface area contributed by atoms with E-state index in [0.717, 1.165) is 26.4 Å². The van der Waals surface area contributed by atoms with Crippen LogP contribution in [0.15, 0.2) is 65.4 Å². The van der Waals surface area contributed by atoms with Gasteiger partial charge in [0.2, 0.25) is 5.91 Å². The molecule has 4 rings (SSSR count). The molecule has 0 spiro atoms. The molecule has 0 fully saturated rings. The van der Waals surface area contributed by atoms with Crippen molar-refractivity contribution < 1.29 is 4.79 Å². The highest BCUT2D eigenvalue weighted by Gasteiger charge is 2.15. The summed E-state index contributed by atoms with van der Waals surface area (Å²) in [5, 5.41) is 7.27. The number of nitrogens with one attached hydrogen (secondary N) is 1. The number of hydrogen-bond acceptors (Lipinski definition) is 6. The molecule has 0 aliphatic heterocycles. The highest BCUT2D eigenvalue weighted by molar-refractivity contribution is 8.00. The van der Waals surface area contributed by atoms with Gasteiger partial charge in [0.25, 0.3) is 0 Å². The standard InChI is InChI=1S/C19H13ClN4OS2/c20-13-6-4-12(5-7-13)14-9-26-18-17(14)19(23-11-22-18)27-10-16(25)24-15-3-1-2-8-21-15/h1-9,11H,10H2,(H,21,24,25). The average Bonchev–Trinajstić information content (AvgIpc) is 3.12. The molecule has 27 heavy (non-hydrogen) atoms. The summed E-state index contributed by atoms with van der Waals surface area (Å²) in [6.07, 6.45) is 3.17. The monoisotopic (exact) mass is 412 g/mol. The van der Waals surface area contributed by atoms with E-state index >= 15 is 0 Å². The van der Waals surface area contributed by atoms with Crippen LogP contribution in [-0.2, 0) is 4.79 Å². The first kappa shape index (κ1) is 17.9. The van der Waals surface area contributed by atoms with Crippen molar-refractivity contribution in [2.45, 2.75) is 5.03 Å². The highest BCUT2D eigenvalue weighted by Crippen LogP contribution is 2.38.